The Balaban J connectivity index is 1.28. The lowest BCUT2D eigenvalue weighted by atomic mass is 10.0. The third-order valence-electron chi connectivity index (χ3n) is 6.30. The van der Waals surface area contributed by atoms with Crippen LogP contribution in [0.15, 0.2) is 83.4 Å². The Bertz CT molecular complexity index is 1640. The molecule has 3 N–H and O–H groups in total. The number of hydrogen-bond donors (Lipinski definition) is 3. The summed E-state index contributed by atoms with van der Waals surface area (Å²) in [5.41, 5.74) is 4.78. The molecule has 5 aromatic rings. The smallest absolute Gasteiger partial charge is 0.412 e. The fourth-order valence-corrected chi connectivity index (χ4v) is 4.14. The number of carboxylic acid groups (broad SMARTS) is 1. The number of hydrogen-bond acceptors (Lipinski definition) is 7. The van der Waals surface area contributed by atoms with Gasteiger partial charge in [-0.05, 0) is 49.6 Å². The maximum Gasteiger partial charge on any atom is 0.412 e. The predicted molar refractivity (Wildman–Crippen MR) is 147 cm³/mol. The lowest BCUT2D eigenvalue weighted by Crippen LogP contribution is -2.16. The molecule has 2 aromatic heterocycles. The number of H-pyrrole nitrogens is 1. The minimum atomic E-state index is -1.15. The van der Waals surface area contributed by atoms with Crippen molar-refractivity contribution < 1.29 is 28.7 Å². The van der Waals surface area contributed by atoms with Crippen LogP contribution in [0.2, 0.25) is 0 Å². The van der Waals surface area contributed by atoms with Crippen LogP contribution in [-0.2, 0) is 4.74 Å². The summed E-state index contributed by atoms with van der Waals surface area (Å²) in [6, 6.07) is 24.3. The zero-order chi connectivity index (χ0) is 28.2. The average Bonchev–Trinajstić information content (AvgIpc) is 3.51. The number of benzene rings is 3. The summed E-state index contributed by atoms with van der Waals surface area (Å²) in [7, 11) is 0. The maximum absolute atomic E-state index is 12.6. The van der Waals surface area contributed by atoms with Crippen molar-refractivity contribution in [2.75, 3.05) is 5.32 Å². The van der Waals surface area contributed by atoms with Crippen LogP contribution in [0.1, 0.15) is 40.5 Å². The Morgan fingerprint density at radius 1 is 0.900 bits per heavy atom. The first-order chi connectivity index (χ1) is 19.3. The minimum Gasteiger partial charge on any atom is -0.476 e. The van der Waals surface area contributed by atoms with E-state index in [2.05, 4.69) is 20.7 Å². The minimum absolute atomic E-state index is 0.104. The van der Waals surface area contributed by atoms with E-state index in [4.69, 9.17) is 14.0 Å². The number of anilines is 1. The number of ether oxygens (including phenoxy) is 2. The van der Waals surface area contributed by atoms with Gasteiger partial charge in [0.1, 0.15) is 28.9 Å². The first-order valence-electron chi connectivity index (χ1n) is 12.5. The van der Waals surface area contributed by atoms with E-state index in [0.29, 0.717) is 28.6 Å². The molecule has 10 nitrogen and oxygen atoms in total. The van der Waals surface area contributed by atoms with E-state index in [0.717, 1.165) is 22.3 Å². The van der Waals surface area contributed by atoms with Crippen molar-refractivity contribution in [3.8, 4) is 33.9 Å². The van der Waals surface area contributed by atoms with Gasteiger partial charge in [0.15, 0.2) is 17.2 Å². The molecule has 0 aliphatic rings. The second-order valence-corrected chi connectivity index (χ2v) is 9.08. The fraction of sp³-hybridized carbons (Fsp3) is 0.133. The number of carbonyl (C=O) groups is 2. The van der Waals surface area contributed by atoms with Crippen LogP contribution in [0, 0.1) is 13.8 Å². The van der Waals surface area contributed by atoms with Crippen molar-refractivity contribution in [3.05, 3.63) is 102 Å². The monoisotopic (exact) mass is 538 g/mol. The number of aromatic nitrogens is 3. The number of nitrogens with one attached hydrogen (secondary N) is 2. The van der Waals surface area contributed by atoms with Crippen LogP contribution in [-0.4, -0.2) is 32.5 Å². The highest BCUT2D eigenvalue weighted by atomic mass is 16.6. The van der Waals surface area contributed by atoms with Crippen LogP contribution in [0.25, 0.3) is 22.5 Å². The zero-order valence-electron chi connectivity index (χ0n) is 22.0. The molecule has 0 saturated carbocycles. The van der Waals surface area contributed by atoms with E-state index >= 15 is 0 Å². The Kier molecular flexibility index (Phi) is 7.32. The fourth-order valence-electron chi connectivity index (χ4n) is 4.14. The molecule has 0 bridgehead atoms. The van der Waals surface area contributed by atoms with Gasteiger partial charge >= 0.3 is 12.1 Å². The van der Waals surface area contributed by atoms with E-state index in [1.165, 1.54) is 0 Å². The van der Waals surface area contributed by atoms with Gasteiger partial charge in [0, 0.05) is 5.56 Å². The molecule has 0 spiro atoms. The predicted octanol–water partition coefficient (Wildman–Crippen LogP) is 7.15. The van der Waals surface area contributed by atoms with Crippen LogP contribution < -0.4 is 10.1 Å². The highest BCUT2D eigenvalue weighted by Crippen LogP contribution is 2.34. The molecule has 0 radical (unpaired) electrons. The molecule has 0 aliphatic carbocycles. The average molecular weight is 539 g/mol. The molecule has 1 atom stereocenters. The van der Waals surface area contributed by atoms with Crippen LogP contribution in [0.3, 0.4) is 0 Å². The lowest BCUT2D eigenvalue weighted by Gasteiger charge is -2.14. The molecule has 1 amide bonds. The van der Waals surface area contributed by atoms with Crippen LogP contribution in [0.5, 0.6) is 11.5 Å². The number of rotatable bonds is 8. The van der Waals surface area contributed by atoms with Crippen molar-refractivity contribution in [2.45, 2.75) is 26.9 Å². The highest BCUT2D eigenvalue weighted by Gasteiger charge is 2.21. The molecule has 1 unspecified atom stereocenters. The van der Waals surface area contributed by atoms with Crippen LogP contribution in [0.4, 0.5) is 10.5 Å². The standard InChI is InChI=1S/C30H26N4O6/c1-17-25(31-30(37)38-19(3)20-7-5-4-6-8-20)28(40-34-17)23-11-9-21(10-12-23)22-13-15-24(16-14-22)39-27-18(2)32-33-26(27)29(35)36/h4-16,19H,1-3H3,(H,31,37)(H,32,33)(H,35,36). The maximum atomic E-state index is 12.6. The summed E-state index contributed by atoms with van der Waals surface area (Å²) >= 11 is 0. The Hall–Kier alpha value is -5.38. The van der Waals surface area contributed by atoms with Gasteiger partial charge in [-0.2, -0.15) is 5.10 Å². The molecule has 0 saturated heterocycles. The number of carbonyl (C=O) groups excluding carboxylic acids is 1. The molecule has 2 heterocycles. The molecule has 3 aromatic carbocycles. The summed E-state index contributed by atoms with van der Waals surface area (Å²) in [6.45, 7) is 5.21. The topological polar surface area (TPSA) is 140 Å². The van der Waals surface area contributed by atoms with E-state index in [9.17, 15) is 14.7 Å². The van der Waals surface area contributed by atoms with E-state index in [-0.39, 0.29) is 11.4 Å². The van der Waals surface area contributed by atoms with Gasteiger partial charge in [0.05, 0.1) is 0 Å². The Morgan fingerprint density at radius 2 is 1.52 bits per heavy atom. The Labute approximate surface area is 229 Å². The first kappa shape index (κ1) is 26.2. The highest BCUT2D eigenvalue weighted by molar-refractivity contribution is 5.91. The summed E-state index contributed by atoms with van der Waals surface area (Å²) < 4.78 is 16.8. The molecule has 0 aliphatic heterocycles. The second-order valence-electron chi connectivity index (χ2n) is 9.08. The normalized spacial score (nSPS) is 11.6. The van der Waals surface area contributed by atoms with Gasteiger partial charge in [-0.15, -0.1) is 0 Å². The summed E-state index contributed by atoms with van der Waals surface area (Å²) in [5, 5.41) is 22.5. The van der Waals surface area contributed by atoms with Gasteiger partial charge in [-0.25, -0.2) is 9.59 Å². The zero-order valence-corrected chi connectivity index (χ0v) is 22.0. The molecule has 5 rings (SSSR count). The summed E-state index contributed by atoms with van der Waals surface area (Å²) in [4.78, 5) is 24.0. The molecular formula is C30H26N4O6. The van der Waals surface area contributed by atoms with Gasteiger partial charge in [0.2, 0.25) is 0 Å². The SMILES string of the molecule is Cc1noc(-c2ccc(-c3ccc(Oc4c(C)n[nH]c4C(=O)O)cc3)cc2)c1NC(=O)OC(C)c1ccccc1. The number of amides is 1. The van der Waals surface area contributed by atoms with Crippen molar-refractivity contribution in [2.24, 2.45) is 0 Å². The van der Waals surface area contributed by atoms with Gasteiger partial charge in [-0.3, -0.25) is 10.4 Å². The summed E-state index contributed by atoms with van der Waals surface area (Å²) in [6.07, 6.45) is -1.03. The number of aromatic amines is 1. The van der Waals surface area contributed by atoms with Gasteiger partial charge in [0.25, 0.3) is 0 Å². The third-order valence-corrected chi connectivity index (χ3v) is 6.30. The summed E-state index contributed by atoms with van der Waals surface area (Å²) in [5.74, 6) is -0.0726. The lowest BCUT2D eigenvalue weighted by molar-refractivity contribution is 0.0687. The van der Waals surface area contributed by atoms with Crippen molar-refractivity contribution in [3.63, 3.8) is 0 Å². The molecule has 0 fully saturated rings. The molecule has 202 valence electrons. The van der Waals surface area contributed by atoms with Crippen LogP contribution >= 0.6 is 0 Å². The van der Waals surface area contributed by atoms with Crippen molar-refractivity contribution >= 4 is 17.7 Å². The van der Waals surface area contributed by atoms with E-state index < -0.39 is 18.2 Å². The number of aryl methyl sites for hydroxylation is 2. The molecule has 10 heteroatoms. The number of nitrogens with zero attached hydrogens (tertiary/aromatic N) is 2. The number of aromatic carboxylic acids is 1. The van der Waals surface area contributed by atoms with Gasteiger partial charge < -0.3 is 19.1 Å². The van der Waals surface area contributed by atoms with Crippen molar-refractivity contribution in [1.29, 1.82) is 0 Å². The van der Waals surface area contributed by atoms with E-state index in [1.807, 2.05) is 66.7 Å². The van der Waals surface area contributed by atoms with Gasteiger partial charge in [-0.1, -0.05) is 71.9 Å². The quantitative estimate of drug-likeness (QED) is 0.189. The third kappa shape index (κ3) is 5.56. The van der Waals surface area contributed by atoms with E-state index in [1.54, 1.807) is 32.9 Å². The first-order valence-corrected chi connectivity index (χ1v) is 12.5. The number of carboxylic acids is 1. The van der Waals surface area contributed by atoms with Crippen molar-refractivity contribution in [1.82, 2.24) is 15.4 Å². The molecular weight excluding hydrogens is 512 g/mol. The molecule has 40 heavy (non-hydrogen) atoms. The Morgan fingerprint density at radius 3 is 2.17 bits per heavy atom. The second kappa shape index (κ2) is 11.2. The largest absolute Gasteiger partial charge is 0.476 e.